The van der Waals surface area contributed by atoms with Crippen LogP contribution in [0, 0.1) is 0 Å². The highest BCUT2D eigenvalue weighted by molar-refractivity contribution is 7.89. The van der Waals surface area contributed by atoms with E-state index in [0.29, 0.717) is 11.4 Å². The molecule has 0 amide bonds. The zero-order chi connectivity index (χ0) is 15.2. The van der Waals surface area contributed by atoms with E-state index in [1.165, 1.54) is 4.31 Å². The SMILES string of the molecule is CCCNC(C)c1ccc(S(=O)(=O)N(C)CCC)cc1. The summed E-state index contributed by atoms with van der Waals surface area (Å²) in [5.74, 6) is 0. The second kappa shape index (κ2) is 7.76. The van der Waals surface area contributed by atoms with Crippen LogP contribution in [0.2, 0.25) is 0 Å². The molecule has 1 unspecified atom stereocenters. The Morgan fingerprint density at radius 2 is 1.75 bits per heavy atom. The van der Waals surface area contributed by atoms with Crippen molar-refractivity contribution in [2.45, 2.75) is 44.6 Å². The number of rotatable bonds is 8. The summed E-state index contributed by atoms with van der Waals surface area (Å²) < 4.78 is 26.0. The van der Waals surface area contributed by atoms with Gasteiger partial charge < -0.3 is 5.32 Å². The van der Waals surface area contributed by atoms with Crippen molar-refractivity contribution in [3.63, 3.8) is 0 Å². The molecular formula is C15H26N2O2S. The Kier molecular flexibility index (Phi) is 6.65. The second-order valence-electron chi connectivity index (χ2n) is 5.07. The molecule has 0 radical (unpaired) electrons. The highest BCUT2D eigenvalue weighted by atomic mass is 32.2. The Labute approximate surface area is 123 Å². The molecule has 4 nitrogen and oxygen atoms in total. The van der Waals surface area contributed by atoms with E-state index in [-0.39, 0.29) is 6.04 Å². The van der Waals surface area contributed by atoms with Gasteiger partial charge in [-0.1, -0.05) is 26.0 Å². The summed E-state index contributed by atoms with van der Waals surface area (Å²) in [6.45, 7) is 7.68. The van der Waals surface area contributed by atoms with Gasteiger partial charge >= 0.3 is 0 Å². The lowest BCUT2D eigenvalue weighted by Crippen LogP contribution is -2.27. The zero-order valence-electron chi connectivity index (χ0n) is 12.9. The highest BCUT2D eigenvalue weighted by Crippen LogP contribution is 2.18. The largest absolute Gasteiger partial charge is 0.310 e. The molecule has 0 aliphatic heterocycles. The van der Waals surface area contributed by atoms with Crippen LogP contribution in [0.1, 0.15) is 45.2 Å². The first-order valence-electron chi connectivity index (χ1n) is 7.23. The molecule has 114 valence electrons. The number of nitrogens with zero attached hydrogens (tertiary/aromatic N) is 1. The summed E-state index contributed by atoms with van der Waals surface area (Å²) in [6.07, 6.45) is 1.89. The fraction of sp³-hybridized carbons (Fsp3) is 0.600. The van der Waals surface area contributed by atoms with Crippen LogP contribution in [-0.2, 0) is 10.0 Å². The average Bonchev–Trinajstić information content (AvgIpc) is 2.45. The molecule has 0 bridgehead atoms. The van der Waals surface area contributed by atoms with Gasteiger partial charge in [0.1, 0.15) is 0 Å². The number of hydrogen-bond acceptors (Lipinski definition) is 3. The topological polar surface area (TPSA) is 49.4 Å². The van der Waals surface area contributed by atoms with Gasteiger partial charge in [-0.2, -0.15) is 0 Å². The molecular weight excluding hydrogens is 272 g/mol. The third kappa shape index (κ3) is 4.30. The zero-order valence-corrected chi connectivity index (χ0v) is 13.7. The van der Waals surface area contributed by atoms with Crippen molar-refractivity contribution in [2.24, 2.45) is 0 Å². The van der Waals surface area contributed by atoms with Gasteiger partial charge in [0.15, 0.2) is 0 Å². The van der Waals surface area contributed by atoms with Crippen molar-refractivity contribution in [2.75, 3.05) is 20.1 Å². The predicted molar refractivity (Wildman–Crippen MR) is 83.3 cm³/mol. The lowest BCUT2D eigenvalue weighted by Gasteiger charge is -2.17. The Bertz CT molecular complexity index is 497. The summed E-state index contributed by atoms with van der Waals surface area (Å²) >= 11 is 0. The summed E-state index contributed by atoms with van der Waals surface area (Å²) in [6, 6.07) is 7.40. The van der Waals surface area contributed by atoms with E-state index in [4.69, 9.17) is 0 Å². The van der Waals surface area contributed by atoms with Crippen LogP contribution in [0.4, 0.5) is 0 Å². The Hall–Kier alpha value is -0.910. The maximum Gasteiger partial charge on any atom is 0.242 e. The van der Waals surface area contributed by atoms with Gasteiger partial charge in [-0.25, -0.2) is 12.7 Å². The highest BCUT2D eigenvalue weighted by Gasteiger charge is 2.19. The van der Waals surface area contributed by atoms with E-state index in [1.54, 1.807) is 19.2 Å². The van der Waals surface area contributed by atoms with E-state index in [2.05, 4.69) is 19.2 Å². The van der Waals surface area contributed by atoms with Crippen molar-refractivity contribution in [3.05, 3.63) is 29.8 Å². The molecule has 0 aliphatic rings. The van der Waals surface area contributed by atoms with Crippen molar-refractivity contribution in [3.8, 4) is 0 Å². The molecule has 0 saturated carbocycles. The molecule has 0 saturated heterocycles. The maximum absolute atomic E-state index is 12.3. The molecule has 1 aromatic carbocycles. The fourth-order valence-electron chi connectivity index (χ4n) is 2.02. The van der Waals surface area contributed by atoms with Gasteiger partial charge in [-0.05, 0) is 44.0 Å². The molecule has 0 aromatic heterocycles. The van der Waals surface area contributed by atoms with Crippen LogP contribution in [0.15, 0.2) is 29.2 Å². The molecule has 0 aliphatic carbocycles. The van der Waals surface area contributed by atoms with Gasteiger partial charge in [0.2, 0.25) is 10.0 Å². The van der Waals surface area contributed by atoms with Crippen molar-refractivity contribution in [1.29, 1.82) is 0 Å². The summed E-state index contributed by atoms with van der Waals surface area (Å²) in [7, 11) is -1.72. The van der Waals surface area contributed by atoms with Crippen LogP contribution >= 0.6 is 0 Å². The standard InChI is InChI=1S/C15H26N2O2S/c1-5-11-16-13(3)14-7-9-15(10-8-14)20(18,19)17(4)12-6-2/h7-10,13,16H,5-6,11-12H2,1-4H3. The van der Waals surface area contributed by atoms with E-state index >= 15 is 0 Å². The molecule has 1 atom stereocenters. The van der Waals surface area contributed by atoms with E-state index in [1.807, 2.05) is 19.1 Å². The maximum atomic E-state index is 12.3. The summed E-state index contributed by atoms with van der Waals surface area (Å²) in [5, 5.41) is 3.39. The number of nitrogens with one attached hydrogen (secondary N) is 1. The van der Waals surface area contributed by atoms with Gasteiger partial charge in [-0.3, -0.25) is 0 Å². The van der Waals surface area contributed by atoms with Crippen molar-refractivity contribution >= 4 is 10.0 Å². The normalized spacial score (nSPS) is 13.7. The molecule has 5 heteroatoms. The van der Waals surface area contributed by atoms with Gasteiger partial charge in [0.05, 0.1) is 4.90 Å². The lowest BCUT2D eigenvalue weighted by atomic mass is 10.1. The van der Waals surface area contributed by atoms with Crippen LogP contribution in [0.5, 0.6) is 0 Å². The smallest absolute Gasteiger partial charge is 0.242 e. The minimum Gasteiger partial charge on any atom is -0.310 e. The Morgan fingerprint density at radius 3 is 2.25 bits per heavy atom. The Morgan fingerprint density at radius 1 is 1.15 bits per heavy atom. The monoisotopic (exact) mass is 298 g/mol. The second-order valence-corrected chi connectivity index (χ2v) is 7.12. The van der Waals surface area contributed by atoms with Crippen LogP contribution in [-0.4, -0.2) is 32.9 Å². The van der Waals surface area contributed by atoms with Crippen LogP contribution < -0.4 is 5.32 Å². The van der Waals surface area contributed by atoms with Crippen LogP contribution in [0.25, 0.3) is 0 Å². The van der Waals surface area contributed by atoms with Gasteiger partial charge in [0.25, 0.3) is 0 Å². The molecule has 20 heavy (non-hydrogen) atoms. The van der Waals surface area contributed by atoms with Gasteiger partial charge in [-0.15, -0.1) is 0 Å². The summed E-state index contributed by atoms with van der Waals surface area (Å²) in [4.78, 5) is 0.361. The number of hydrogen-bond donors (Lipinski definition) is 1. The first-order valence-corrected chi connectivity index (χ1v) is 8.67. The van der Waals surface area contributed by atoms with Crippen molar-refractivity contribution < 1.29 is 8.42 Å². The minimum absolute atomic E-state index is 0.236. The van der Waals surface area contributed by atoms with Crippen molar-refractivity contribution in [1.82, 2.24) is 9.62 Å². The molecule has 0 spiro atoms. The lowest BCUT2D eigenvalue weighted by molar-refractivity contribution is 0.468. The fourth-order valence-corrected chi connectivity index (χ4v) is 3.29. The third-order valence-corrected chi connectivity index (χ3v) is 5.20. The number of sulfonamides is 1. The average molecular weight is 298 g/mol. The number of benzene rings is 1. The predicted octanol–water partition coefficient (Wildman–Crippen LogP) is 2.78. The van der Waals surface area contributed by atoms with Crippen LogP contribution in [0.3, 0.4) is 0 Å². The molecule has 0 fully saturated rings. The first-order chi connectivity index (χ1) is 9.43. The third-order valence-electron chi connectivity index (χ3n) is 3.33. The minimum atomic E-state index is -3.35. The first kappa shape index (κ1) is 17.1. The molecule has 1 rings (SSSR count). The Balaban J connectivity index is 2.85. The van der Waals surface area contributed by atoms with E-state index in [9.17, 15) is 8.42 Å². The summed E-state index contributed by atoms with van der Waals surface area (Å²) in [5.41, 5.74) is 1.11. The molecule has 1 aromatic rings. The van der Waals surface area contributed by atoms with E-state index < -0.39 is 10.0 Å². The molecule has 1 N–H and O–H groups in total. The quantitative estimate of drug-likeness (QED) is 0.803. The molecule has 0 heterocycles. The van der Waals surface area contributed by atoms with Gasteiger partial charge in [0, 0.05) is 19.6 Å². The van der Waals surface area contributed by atoms with E-state index in [0.717, 1.165) is 24.9 Å².